The van der Waals surface area contributed by atoms with E-state index in [4.69, 9.17) is 14.2 Å². The molecule has 2 aromatic rings. The smallest absolute Gasteiger partial charge is 0.408 e. The van der Waals surface area contributed by atoms with Crippen LogP contribution < -0.4 is 15.4 Å². The van der Waals surface area contributed by atoms with Gasteiger partial charge in [0.2, 0.25) is 0 Å². The van der Waals surface area contributed by atoms with Crippen LogP contribution in [-0.4, -0.2) is 113 Å². The summed E-state index contributed by atoms with van der Waals surface area (Å²) in [6, 6.07) is 14.8. The summed E-state index contributed by atoms with van der Waals surface area (Å²) in [5.41, 5.74) is -0.267. The Bertz CT molecular complexity index is 1160. The zero-order valence-corrected chi connectivity index (χ0v) is 27.2. The molecule has 0 heterocycles. The van der Waals surface area contributed by atoms with Gasteiger partial charge in [0.05, 0.1) is 43.0 Å². The molecule has 12 nitrogen and oxygen atoms in total. The van der Waals surface area contributed by atoms with Crippen molar-refractivity contribution in [2.75, 3.05) is 40.0 Å². The van der Waals surface area contributed by atoms with Crippen LogP contribution in [0.25, 0.3) is 0 Å². The van der Waals surface area contributed by atoms with Gasteiger partial charge >= 0.3 is 12.2 Å². The minimum absolute atomic E-state index is 0.0128. The number of ether oxygens (including phenoxy) is 3. The number of benzene rings is 2. The number of carboxylic acid groups (broad SMARTS) is 1. The van der Waals surface area contributed by atoms with Crippen LogP contribution in [0.4, 0.5) is 9.59 Å². The molecular formula is C33H51N3O9. The molecule has 0 saturated heterocycles. The molecule has 2 rings (SSSR count). The van der Waals surface area contributed by atoms with Gasteiger partial charge in [-0.25, -0.2) is 9.59 Å². The average molecular weight is 634 g/mol. The molecule has 0 saturated carbocycles. The van der Waals surface area contributed by atoms with Gasteiger partial charge in [-0.15, -0.1) is 0 Å². The number of hydrogen-bond donors (Lipinski definition) is 6. The lowest BCUT2D eigenvalue weighted by molar-refractivity contribution is -0.0183. The maximum atomic E-state index is 12.6. The molecule has 4 atom stereocenters. The van der Waals surface area contributed by atoms with Crippen LogP contribution in [0.15, 0.2) is 54.6 Å². The van der Waals surface area contributed by atoms with E-state index >= 15 is 0 Å². The number of hydrogen-bond acceptors (Lipinski definition) is 9. The Kier molecular flexibility index (Phi) is 15.0. The summed E-state index contributed by atoms with van der Waals surface area (Å²) in [6.45, 7) is 8.68. The van der Waals surface area contributed by atoms with Crippen molar-refractivity contribution in [1.82, 2.24) is 15.5 Å². The molecule has 0 radical (unpaired) electrons. The van der Waals surface area contributed by atoms with Crippen LogP contribution in [-0.2, 0) is 22.3 Å². The van der Waals surface area contributed by atoms with Crippen molar-refractivity contribution in [3.8, 4) is 5.75 Å². The number of methoxy groups -OCH3 is 1. The first-order valence-electron chi connectivity index (χ1n) is 15.1. The summed E-state index contributed by atoms with van der Waals surface area (Å²) in [5.74, 6) is 0.624. The van der Waals surface area contributed by atoms with Crippen molar-refractivity contribution in [2.45, 2.75) is 82.9 Å². The number of nitrogens with one attached hydrogen (secondary N) is 2. The molecule has 0 aliphatic carbocycles. The number of alkyl carbamates (subject to hydrolysis) is 1. The molecule has 0 bridgehead atoms. The normalized spacial score (nSPS) is 14.6. The van der Waals surface area contributed by atoms with E-state index in [1.54, 1.807) is 66.0 Å². The van der Waals surface area contributed by atoms with Crippen LogP contribution in [0.2, 0.25) is 0 Å². The predicted molar refractivity (Wildman–Crippen MR) is 171 cm³/mol. The summed E-state index contributed by atoms with van der Waals surface area (Å²) in [6.07, 6.45) is -3.77. The van der Waals surface area contributed by atoms with Gasteiger partial charge in [0.25, 0.3) is 0 Å². The Morgan fingerprint density at radius 1 is 0.867 bits per heavy atom. The second-order valence-corrected chi connectivity index (χ2v) is 12.6. The lowest BCUT2D eigenvalue weighted by Gasteiger charge is -2.43. The Labute approximate surface area is 266 Å². The van der Waals surface area contributed by atoms with Gasteiger partial charge < -0.3 is 45.3 Å². The maximum absolute atomic E-state index is 12.6. The van der Waals surface area contributed by atoms with Gasteiger partial charge in [-0.3, -0.25) is 4.90 Å². The number of aliphatic hydroxyl groups excluding tert-OH is 3. The summed E-state index contributed by atoms with van der Waals surface area (Å²) < 4.78 is 16.0. The van der Waals surface area contributed by atoms with Gasteiger partial charge in [0.15, 0.2) is 0 Å². The van der Waals surface area contributed by atoms with E-state index in [9.17, 15) is 30.0 Å². The molecule has 6 N–H and O–H groups in total. The number of aliphatic hydroxyl groups is 3. The van der Waals surface area contributed by atoms with Gasteiger partial charge in [-0.05, 0) is 70.7 Å². The van der Waals surface area contributed by atoms with E-state index < -0.39 is 54.2 Å². The quantitative estimate of drug-likeness (QED) is 0.134. The molecule has 0 unspecified atom stereocenters. The highest BCUT2D eigenvalue weighted by atomic mass is 16.6. The number of rotatable bonds is 18. The third-order valence-corrected chi connectivity index (χ3v) is 7.12. The average Bonchev–Trinajstić information content (AvgIpc) is 2.96. The number of carbonyl (C=O) groups is 2. The van der Waals surface area contributed by atoms with Gasteiger partial charge in [-0.1, -0.05) is 42.5 Å². The fourth-order valence-electron chi connectivity index (χ4n) is 4.80. The molecule has 45 heavy (non-hydrogen) atoms. The lowest BCUT2D eigenvalue weighted by Crippen LogP contribution is -2.60. The Morgan fingerprint density at radius 2 is 1.47 bits per heavy atom. The van der Waals surface area contributed by atoms with E-state index in [0.717, 1.165) is 16.0 Å². The minimum Gasteiger partial charge on any atom is -0.491 e. The molecule has 0 aliphatic rings. The Balaban J connectivity index is 2.18. The lowest BCUT2D eigenvalue weighted by atomic mass is 9.94. The molecule has 0 aromatic heterocycles. The highest BCUT2D eigenvalue weighted by Gasteiger charge is 2.39. The summed E-state index contributed by atoms with van der Waals surface area (Å²) in [4.78, 5) is 26.1. The first-order chi connectivity index (χ1) is 21.2. The van der Waals surface area contributed by atoms with Crippen molar-refractivity contribution >= 4 is 12.2 Å². The van der Waals surface area contributed by atoms with E-state index in [0.29, 0.717) is 25.4 Å². The summed E-state index contributed by atoms with van der Waals surface area (Å²) in [7, 11) is 1.58. The molecule has 2 aromatic carbocycles. The van der Waals surface area contributed by atoms with Crippen LogP contribution in [0.5, 0.6) is 5.75 Å². The first kappa shape index (κ1) is 37.8. The van der Waals surface area contributed by atoms with E-state index in [-0.39, 0.29) is 19.5 Å². The Hall–Kier alpha value is -3.42. The molecule has 0 spiro atoms. The van der Waals surface area contributed by atoms with Crippen molar-refractivity contribution in [3.05, 3.63) is 65.7 Å². The zero-order chi connectivity index (χ0) is 33.6. The highest BCUT2D eigenvalue weighted by molar-refractivity contribution is 5.68. The number of nitrogens with zero attached hydrogens (tertiary/aromatic N) is 1. The van der Waals surface area contributed by atoms with Crippen molar-refractivity contribution in [2.24, 2.45) is 0 Å². The monoisotopic (exact) mass is 633 g/mol. The van der Waals surface area contributed by atoms with Gasteiger partial charge in [-0.2, -0.15) is 0 Å². The minimum atomic E-state index is -1.29. The third kappa shape index (κ3) is 13.2. The van der Waals surface area contributed by atoms with Crippen LogP contribution in [0.3, 0.4) is 0 Å². The van der Waals surface area contributed by atoms with Crippen LogP contribution in [0.1, 0.15) is 45.7 Å². The van der Waals surface area contributed by atoms with Crippen LogP contribution in [0, 0.1) is 0 Å². The van der Waals surface area contributed by atoms with Gasteiger partial charge in [0, 0.05) is 20.2 Å². The highest BCUT2D eigenvalue weighted by Crippen LogP contribution is 2.24. The SMILES string of the molecule is COCCOc1ccc(C[C@@H]([C@H](O)CNC[C@@H](O)[C@H](Cc2ccccc2)NC(=O)OC(C)(C)C)N(C(=O)O)C(C)(C)CO)cc1. The molecule has 252 valence electrons. The largest absolute Gasteiger partial charge is 0.491 e. The summed E-state index contributed by atoms with van der Waals surface area (Å²) >= 11 is 0. The zero-order valence-electron chi connectivity index (χ0n) is 27.2. The maximum Gasteiger partial charge on any atom is 0.408 e. The van der Waals surface area contributed by atoms with E-state index in [1.807, 2.05) is 30.3 Å². The fraction of sp³-hybridized carbons (Fsp3) is 0.576. The number of amides is 2. The predicted octanol–water partition coefficient (Wildman–Crippen LogP) is 2.82. The summed E-state index contributed by atoms with van der Waals surface area (Å²) in [5, 5.41) is 48.4. The second-order valence-electron chi connectivity index (χ2n) is 12.6. The number of carbonyl (C=O) groups excluding carboxylic acids is 1. The second kappa shape index (κ2) is 17.9. The third-order valence-electron chi connectivity index (χ3n) is 7.12. The van der Waals surface area contributed by atoms with E-state index in [2.05, 4.69) is 10.6 Å². The standard InChI is InChI=1S/C33H51N3O9/c1-32(2,3)45-30(40)35-26(18-23-10-8-7-9-11-23)28(38)20-34-21-29(39)27(36(31(41)42)33(4,5)22-37)19-24-12-14-25(15-13-24)44-17-16-43-6/h7-15,26-29,34,37-39H,16-22H2,1-6H3,(H,35,40)(H,41,42)/t26-,27-,28+,29+/m0/s1. The topological polar surface area (TPSA) is 170 Å². The fourth-order valence-corrected chi connectivity index (χ4v) is 4.80. The van der Waals surface area contributed by atoms with Crippen molar-refractivity contribution < 1.29 is 44.2 Å². The molecule has 12 heteroatoms. The van der Waals surface area contributed by atoms with Gasteiger partial charge in [0.1, 0.15) is 18.0 Å². The molecular weight excluding hydrogens is 582 g/mol. The van der Waals surface area contributed by atoms with Crippen molar-refractivity contribution in [3.63, 3.8) is 0 Å². The molecule has 2 amide bonds. The Morgan fingerprint density at radius 3 is 2.02 bits per heavy atom. The molecule has 0 aliphatic heterocycles. The van der Waals surface area contributed by atoms with Crippen molar-refractivity contribution in [1.29, 1.82) is 0 Å². The first-order valence-corrected chi connectivity index (χ1v) is 15.1. The van der Waals surface area contributed by atoms with Crippen LogP contribution >= 0.6 is 0 Å². The van der Waals surface area contributed by atoms with E-state index in [1.165, 1.54) is 0 Å². The molecule has 0 fully saturated rings.